The molecule has 1 heterocycles. The van der Waals surface area contributed by atoms with Gasteiger partial charge in [-0.15, -0.1) is 0 Å². The summed E-state index contributed by atoms with van der Waals surface area (Å²) < 4.78 is 2.76. The zero-order valence-corrected chi connectivity index (χ0v) is 15.9. The van der Waals surface area contributed by atoms with Crippen LogP contribution in [0.25, 0.3) is 10.2 Å². The number of amides is 1. The standard InChI is InChI=1S/C18H16Cl2N2OS/c1-10-4-5-12(8-11(10)2)9-15(23)21-18-22(3)17-14(24-18)7-6-13(19)16(17)20/h4-8H,9H2,1-3H3. The number of halogens is 2. The molecule has 1 aromatic heterocycles. The molecule has 3 aromatic rings. The van der Waals surface area contributed by atoms with Crippen molar-refractivity contribution in [1.82, 2.24) is 4.57 Å². The van der Waals surface area contributed by atoms with Gasteiger partial charge in [-0.25, -0.2) is 0 Å². The Morgan fingerprint density at radius 2 is 1.92 bits per heavy atom. The van der Waals surface area contributed by atoms with Gasteiger partial charge in [0.05, 0.1) is 26.7 Å². The Hall–Kier alpha value is -1.62. The zero-order chi connectivity index (χ0) is 17.4. The lowest BCUT2D eigenvalue weighted by molar-refractivity contribution is -0.117. The first-order valence-electron chi connectivity index (χ1n) is 7.44. The number of nitrogens with zero attached hydrogens (tertiary/aromatic N) is 2. The SMILES string of the molecule is Cc1ccc(CC(=O)N=c2sc3ccc(Cl)c(Cl)c3n2C)cc1C. The summed E-state index contributed by atoms with van der Waals surface area (Å²) in [6.45, 7) is 4.09. The third kappa shape index (κ3) is 3.27. The number of aryl methyl sites for hydroxylation is 3. The van der Waals surface area contributed by atoms with Crippen LogP contribution in [-0.2, 0) is 18.3 Å². The molecular formula is C18H16Cl2N2OS. The molecule has 0 bridgehead atoms. The van der Waals surface area contributed by atoms with Crippen LogP contribution >= 0.6 is 34.5 Å². The molecule has 3 nitrogen and oxygen atoms in total. The Morgan fingerprint density at radius 3 is 2.62 bits per heavy atom. The normalized spacial score (nSPS) is 12.1. The van der Waals surface area contributed by atoms with Gasteiger partial charge < -0.3 is 4.57 Å². The molecule has 2 aromatic carbocycles. The molecule has 0 N–H and O–H groups in total. The largest absolute Gasteiger partial charge is 0.318 e. The van der Waals surface area contributed by atoms with Gasteiger partial charge in [0.1, 0.15) is 0 Å². The van der Waals surface area contributed by atoms with Gasteiger partial charge in [-0.3, -0.25) is 4.79 Å². The first-order valence-corrected chi connectivity index (χ1v) is 9.01. The number of carbonyl (C=O) groups excluding carboxylic acids is 1. The molecule has 0 spiro atoms. The van der Waals surface area contributed by atoms with Crippen molar-refractivity contribution in [1.29, 1.82) is 0 Å². The Labute approximate surface area is 154 Å². The van der Waals surface area contributed by atoms with Crippen LogP contribution in [0.15, 0.2) is 35.3 Å². The van der Waals surface area contributed by atoms with E-state index in [1.807, 2.05) is 42.8 Å². The summed E-state index contributed by atoms with van der Waals surface area (Å²) >= 11 is 13.8. The first-order chi connectivity index (χ1) is 11.4. The van der Waals surface area contributed by atoms with Gasteiger partial charge in [0.2, 0.25) is 0 Å². The molecule has 0 aliphatic heterocycles. The van der Waals surface area contributed by atoms with Crippen LogP contribution in [0.5, 0.6) is 0 Å². The van der Waals surface area contributed by atoms with Crippen molar-refractivity contribution in [2.24, 2.45) is 12.0 Å². The third-order valence-corrected chi connectivity index (χ3v) is 5.89. The average Bonchev–Trinajstić information content (AvgIpc) is 2.84. The van der Waals surface area contributed by atoms with Crippen molar-refractivity contribution < 1.29 is 4.79 Å². The number of carbonyl (C=O) groups is 1. The van der Waals surface area contributed by atoms with Crippen LogP contribution < -0.4 is 4.80 Å². The van der Waals surface area contributed by atoms with E-state index in [1.54, 1.807) is 6.07 Å². The number of hydrogen-bond donors (Lipinski definition) is 0. The predicted molar refractivity (Wildman–Crippen MR) is 101 cm³/mol. The Kier molecular flexibility index (Phi) is 4.81. The predicted octanol–water partition coefficient (Wildman–Crippen LogP) is 4.83. The molecule has 124 valence electrons. The smallest absolute Gasteiger partial charge is 0.252 e. The number of rotatable bonds is 2. The second-order valence-electron chi connectivity index (χ2n) is 5.75. The molecule has 0 saturated heterocycles. The van der Waals surface area contributed by atoms with E-state index in [1.165, 1.54) is 22.5 Å². The minimum Gasteiger partial charge on any atom is -0.318 e. The van der Waals surface area contributed by atoms with E-state index >= 15 is 0 Å². The summed E-state index contributed by atoms with van der Waals surface area (Å²) in [7, 11) is 1.84. The lowest BCUT2D eigenvalue weighted by Crippen LogP contribution is -2.14. The van der Waals surface area contributed by atoms with Gasteiger partial charge >= 0.3 is 0 Å². The minimum atomic E-state index is -0.178. The van der Waals surface area contributed by atoms with Crippen LogP contribution in [0.1, 0.15) is 16.7 Å². The van der Waals surface area contributed by atoms with Gasteiger partial charge in [-0.1, -0.05) is 52.7 Å². The fourth-order valence-corrected chi connectivity index (χ4v) is 4.06. The lowest BCUT2D eigenvalue weighted by Gasteiger charge is -2.03. The zero-order valence-electron chi connectivity index (χ0n) is 13.6. The second kappa shape index (κ2) is 6.71. The molecule has 0 aliphatic rings. The number of thiazole rings is 1. The van der Waals surface area contributed by atoms with Crippen LogP contribution in [-0.4, -0.2) is 10.5 Å². The fraction of sp³-hybridized carbons (Fsp3) is 0.222. The minimum absolute atomic E-state index is 0.178. The molecular weight excluding hydrogens is 363 g/mol. The number of aromatic nitrogens is 1. The van der Waals surface area contributed by atoms with Crippen LogP contribution in [0.2, 0.25) is 10.0 Å². The topological polar surface area (TPSA) is 34.4 Å². The van der Waals surface area contributed by atoms with E-state index in [2.05, 4.69) is 11.9 Å². The van der Waals surface area contributed by atoms with E-state index in [0.29, 0.717) is 14.8 Å². The number of fused-ring (bicyclic) bond motifs is 1. The summed E-state index contributed by atoms with van der Waals surface area (Å²) in [5.41, 5.74) is 4.16. The molecule has 0 radical (unpaired) electrons. The monoisotopic (exact) mass is 378 g/mol. The quantitative estimate of drug-likeness (QED) is 0.628. The summed E-state index contributed by atoms with van der Waals surface area (Å²) in [4.78, 5) is 17.2. The van der Waals surface area contributed by atoms with Crippen molar-refractivity contribution in [3.63, 3.8) is 0 Å². The molecule has 0 saturated carbocycles. The molecule has 0 aliphatic carbocycles. The Morgan fingerprint density at radius 1 is 1.17 bits per heavy atom. The maximum atomic E-state index is 12.3. The van der Waals surface area contributed by atoms with Gasteiger partial charge in [0.25, 0.3) is 5.91 Å². The van der Waals surface area contributed by atoms with Crippen molar-refractivity contribution in [2.45, 2.75) is 20.3 Å². The summed E-state index contributed by atoms with van der Waals surface area (Å²) in [6, 6.07) is 9.67. The van der Waals surface area contributed by atoms with Crippen LogP contribution in [0.4, 0.5) is 0 Å². The highest BCUT2D eigenvalue weighted by molar-refractivity contribution is 7.16. The van der Waals surface area contributed by atoms with Crippen molar-refractivity contribution in [3.8, 4) is 0 Å². The second-order valence-corrected chi connectivity index (χ2v) is 7.55. The fourth-order valence-electron chi connectivity index (χ4n) is 2.51. The maximum absolute atomic E-state index is 12.3. The van der Waals surface area contributed by atoms with Gasteiger partial charge in [-0.2, -0.15) is 4.99 Å². The van der Waals surface area contributed by atoms with Gasteiger partial charge in [0.15, 0.2) is 4.80 Å². The van der Waals surface area contributed by atoms with Crippen molar-refractivity contribution >= 4 is 50.7 Å². The van der Waals surface area contributed by atoms with E-state index in [9.17, 15) is 4.79 Å². The molecule has 0 fully saturated rings. The van der Waals surface area contributed by atoms with Crippen molar-refractivity contribution in [2.75, 3.05) is 0 Å². The Bertz CT molecular complexity index is 1020. The molecule has 24 heavy (non-hydrogen) atoms. The molecule has 1 amide bonds. The lowest BCUT2D eigenvalue weighted by atomic mass is 10.0. The summed E-state index contributed by atoms with van der Waals surface area (Å²) in [5, 5.41) is 0.974. The van der Waals surface area contributed by atoms with Gasteiger partial charge in [0, 0.05) is 7.05 Å². The Balaban J connectivity index is 1.97. The van der Waals surface area contributed by atoms with Crippen LogP contribution in [0, 0.1) is 13.8 Å². The van der Waals surface area contributed by atoms with Gasteiger partial charge in [-0.05, 0) is 42.7 Å². The van der Waals surface area contributed by atoms with E-state index in [0.717, 1.165) is 15.8 Å². The van der Waals surface area contributed by atoms with E-state index in [-0.39, 0.29) is 12.3 Å². The third-order valence-electron chi connectivity index (χ3n) is 4.00. The number of benzene rings is 2. The van der Waals surface area contributed by atoms with E-state index < -0.39 is 0 Å². The molecule has 0 unspecified atom stereocenters. The summed E-state index contributed by atoms with van der Waals surface area (Å²) in [5.74, 6) is -0.178. The summed E-state index contributed by atoms with van der Waals surface area (Å²) in [6.07, 6.45) is 0.282. The highest BCUT2D eigenvalue weighted by atomic mass is 35.5. The molecule has 6 heteroatoms. The number of hydrogen-bond acceptors (Lipinski definition) is 2. The van der Waals surface area contributed by atoms with Crippen molar-refractivity contribution in [3.05, 3.63) is 61.9 Å². The highest BCUT2D eigenvalue weighted by Crippen LogP contribution is 2.31. The molecule has 3 rings (SSSR count). The molecule has 0 atom stereocenters. The van der Waals surface area contributed by atoms with E-state index in [4.69, 9.17) is 23.2 Å². The highest BCUT2D eigenvalue weighted by Gasteiger charge is 2.11. The maximum Gasteiger partial charge on any atom is 0.252 e. The first kappa shape index (κ1) is 17.2. The van der Waals surface area contributed by atoms with Crippen LogP contribution in [0.3, 0.4) is 0 Å². The average molecular weight is 379 g/mol.